The molecule has 0 bridgehead atoms. The van der Waals surface area contributed by atoms with Gasteiger partial charge in [0, 0.05) is 18.7 Å². The highest BCUT2D eigenvalue weighted by Gasteiger charge is 2.38. The summed E-state index contributed by atoms with van der Waals surface area (Å²) in [6.45, 7) is 0. The molecule has 4 rings (SSSR count). The van der Waals surface area contributed by atoms with Crippen LogP contribution in [-0.2, 0) is 6.42 Å². The van der Waals surface area contributed by atoms with Gasteiger partial charge in [0.15, 0.2) is 0 Å². The fourth-order valence-electron chi connectivity index (χ4n) is 4.28. The van der Waals surface area contributed by atoms with Crippen LogP contribution in [0.1, 0.15) is 22.6 Å². The second kappa shape index (κ2) is 8.15. The molecule has 0 aliphatic heterocycles. The molecule has 0 amide bonds. The van der Waals surface area contributed by atoms with Crippen molar-refractivity contribution in [3.63, 3.8) is 0 Å². The molecule has 0 fully saturated rings. The number of rotatable bonds is 5. The van der Waals surface area contributed by atoms with Gasteiger partial charge in [-0.2, -0.15) is 5.26 Å². The second-order valence-electron chi connectivity index (χ2n) is 7.38. The summed E-state index contributed by atoms with van der Waals surface area (Å²) in [5.74, 6) is 0.444. The standard InChI is InChI=1S/C26H24N2/c1-28(23-13-6-3-7-14-23)25(19-27)26-22(17-16-20-10-4-2-5-11-20)18-21-12-8-9-15-24(21)26/h2-17,22,25-26H,18H2,1H3/b17-16+/t22-,25+,26+/m1/s1. The predicted molar refractivity (Wildman–Crippen MR) is 116 cm³/mol. The van der Waals surface area contributed by atoms with E-state index in [0.29, 0.717) is 5.92 Å². The lowest BCUT2D eigenvalue weighted by molar-refractivity contribution is 0.497. The van der Waals surface area contributed by atoms with Gasteiger partial charge in [0.05, 0.1) is 6.07 Å². The summed E-state index contributed by atoms with van der Waals surface area (Å²) < 4.78 is 0. The molecule has 0 saturated heterocycles. The number of fused-ring (bicyclic) bond motifs is 1. The fraction of sp³-hybridized carbons (Fsp3) is 0.192. The van der Waals surface area contributed by atoms with Gasteiger partial charge in [0.1, 0.15) is 6.04 Å². The lowest BCUT2D eigenvalue weighted by atomic mass is 9.85. The van der Waals surface area contributed by atoms with E-state index >= 15 is 0 Å². The molecular weight excluding hydrogens is 340 g/mol. The molecule has 2 heteroatoms. The third-order valence-corrected chi connectivity index (χ3v) is 5.72. The first kappa shape index (κ1) is 18.1. The highest BCUT2D eigenvalue weighted by Crippen LogP contribution is 2.43. The Morgan fingerprint density at radius 1 is 0.929 bits per heavy atom. The average molecular weight is 364 g/mol. The maximum Gasteiger partial charge on any atom is 0.124 e. The van der Waals surface area contributed by atoms with Gasteiger partial charge in [-0.1, -0.05) is 84.9 Å². The third kappa shape index (κ3) is 3.57. The van der Waals surface area contributed by atoms with Crippen LogP contribution in [0, 0.1) is 17.2 Å². The first-order valence-electron chi connectivity index (χ1n) is 9.76. The van der Waals surface area contributed by atoms with Crippen LogP contribution in [0.25, 0.3) is 6.08 Å². The Hall–Kier alpha value is -3.31. The molecule has 0 spiro atoms. The van der Waals surface area contributed by atoms with E-state index in [9.17, 15) is 5.26 Å². The van der Waals surface area contributed by atoms with E-state index in [4.69, 9.17) is 0 Å². The van der Waals surface area contributed by atoms with Crippen LogP contribution in [0.3, 0.4) is 0 Å². The molecule has 3 aromatic rings. The number of nitrogens with zero attached hydrogens (tertiary/aromatic N) is 2. The van der Waals surface area contributed by atoms with Crippen molar-refractivity contribution in [3.05, 3.63) is 108 Å². The SMILES string of the molecule is CN(c1ccccc1)[C@@H](C#N)[C@@H]1c2ccccc2C[C@H]1/C=C/c1ccccc1. The van der Waals surface area contributed by atoms with Crippen molar-refractivity contribution in [2.45, 2.75) is 18.4 Å². The van der Waals surface area contributed by atoms with E-state index in [1.807, 2.05) is 31.3 Å². The quantitative estimate of drug-likeness (QED) is 0.582. The molecule has 0 heterocycles. The van der Waals surface area contributed by atoms with Crippen molar-refractivity contribution in [1.82, 2.24) is 0 Å². The zero-order chi connectivity index (χ0) is 19.3. The summed E-state index contributed by atoms with van der Waals surface area (Å²) in [7, 11) is 2.03. The zero-order valence-electron chi connectivity index (χ0n) is 16.1. The minimum Gasteiger partial charge on any atom is -0.358 e. The second-order valence-corrected chi connectivity index (χ2v) is 7.38. The minimum atomic E-state index is -0.225. The number of benzene rings is 3. The third-order valence-electron chi connectivity index (χ3n) is 5.72. The van der Waals surface area contributed by atoms with E-state index in [2.05, 4.69) is 83.8 Å². The average Bonchev–Trinajstić information content (AvgIpc) is 3.12. The summed E-state index contributed by atoms with van der Waals surface area (Å²) >= 11 is 0. The Morgan fingerprint density at radius 3 is 2.29 bits per heavy atom. The van der Waals surface area contributed by atoms with Crippen LogP contribution in [0.15, 0.2) is 91.0 Å². The number of hydrogen-bond donors (Lipinski definition) is 0. The number of likely N-dealkylation sites (N-methyl/N-ethyl adjacent to an activating group) is 1. The molecule has 138 valence electrons. The summed E-state index contributed by atoms with van der Waals surface area (Å²) in [5, 5.41) is 10.1. The molecule has 1 aliphatic carbocycles. The van der Waals surface area contributed by atoms with Crippen molar-refractivity contribution in [2.24, 2.45) is 5.92 Å². The van der Waals surface area contributed by atoms with Crippen LogP contribution >= 0.6 is 0 Å². The van der Waals surface area contributed by atoms with Crippen LogP contribution in [0.5, 0.6) is 0 Å². The topological polar surface area (TPSA) is 27.0 Å². The first-order valence-corrected chi connectivity index (χ1v) is 9.76. The maximum absolute atomic E-state index is 10.1. The molecule has 0 saturated carbocycles. The van der Waals surface area contributed by atoms with Gasteiger partial charge in [0.25, 0.3) is 0 Å². The van der Waals surface area contributed by atoms with Gasteiger partial charge in [-0.15, -0.1) is 0 Å². The maximum atomic E-state index is 10.1. The molecule has 0 unspecified atom stereocenters. The summed E-state index contributed by atoms with van der Waals surface area (Å²) in [6, 6.07) is 31.5. The molecule has 28 heavy (non-hydrogen) atoms. The molecule has 0 radical (unpaired) electrons. The Morgan fingerprint density at radius 2 is 1.57 bits per heavy atom. The van der Waals surface area contributed by atoms with E-state index in [1.165, 1.54) is 16.7 Å². The van der Waals surface area contributed by atoms with Gasteiger partial charge >= 0.3 is 0 Å². The van der Waals surface area contributed by atoms with E-state index < -0.39 is 0 Å². The lowest BCUT2D eigenvalue weighted by Crippen LogP contribution is -2.37. The number of hydrogen-bond acceptors (Lipinski definition) is 2. The lowest BCUT2D eigenvalue weighted by Gasteiger charge is -2.32. The molecule has 0 aromatic heterocycles. The largest absolute Gasteiger partial charge is 0.358 e. The molecule has 0 N–H and O–H groups in total. The molecular formula is C26H24N2. The van der Waals surface area contributed by atoms with Crippen molar-refractivity contribution in [2.75, 3.05) is 11.9 Å². The van der Waals surface area contributed by atoms with E-state index in [-0.39, 0.29) is 12.0 Å². The zero-order valence-corrected chi connectivity index (χ0v) is 16.1. The smallest absolute Gasteiger partial charge is 0.124 e. The Kier molecular flexibility index (Phi) is 5.26. The summed E-state index contributed by atoms with van der Waals surface area (Å²) in [4.78, 5) is 2.12. The van der Waals surface area contributed by atoms with Gasteiger partial charge in [-0.05, 0) is 41.2 Å². The van der Waals surface area contributed by atoms with E-state index in [1.54, 1.807) is 0 Å². The normalized spacial score (nSPS) is 19.1. The van der Waals surface area contributed by atoms with E-state index in [0.717, 1.165) is 12.1 Å². The van der Waals surface area contributed by atoms with Crippen molar-refractivity contribution in [1.29, 1.82) is 5.26 Å². The summed E-state index contributed by atoms with van der Waals surface area (Å²) in [5.41, 5.74) is 4.93. The molecule has 3 aromatic carbocycles. The Balaban J connectivity index is 1.69. The number of para-hydroxylation sites is 1. The summed E-state index contributed by atoms with van der Waals surface area (Å²) in [6.07, 6.45) is 5.47. The van der Waals surface area contributed by atoms with Crippen molar-refractivity contribution in [3.8, 4) is 6.07 Å². The predicted octanol–water partition coefficient (Wildman–Crippen LogP) is 5.68. The number of anilines is 1. The molecule has 1 aliphatic rings. The number of allylic oxidation sites excluding steroid dienone is 1. The Labute approximate surface area is 167 Å². The van der Waals surface area contributed by atoms with Crippen LogP contribution in [0.2, 0.25) is 0 Å². The molecule has 2 nitrogen and oxygen atoms in total. The number of nitriles is 1. The first-order chi connectivity index (χ1) is 13.8. The fourth-order valence-corrected chi connectivity index (χ4v) is 4.28. The monoisotopic (exact) mass is 364 g/mol. The van der Waals surface area contributed by atoms with Crippen LogP contribution in [-0.4, -0.2) is 13.1 Å². The van der Waals surface area contributed by atoms with Gasteiger partial charge in [-0.3, -0.25) is 0 Å². The highest BCUT2D eigenvalue weighted by atomic mass is 15.1. The van der Waals surface area contributed by atoms with Crippen molar-refractivity contribution >= 4 is 11.8 Å². The van der Waals surface area contributed by atoms with Crippen LogP contribution in [0.4, 0.5) is 5.69 Å². The van der Waals surface area contributed by atoms with Gasteiger partial charge < -0.3 is 4.90 Å². The minimum absolute atomic E-state index is 0.145. The molecule has 3 atom stereocenters. The highest BCUT2D eigenvalue weighted by molar-refractivity contribution is 5.54. The van der Waals surface area contributed by atoms with Gasteiger partial charge in [-0.25, -0.2) is 0 Å². The Bertz CT molecular complexity index is 986. The van der Waals surface area contributed by atoms with Crippen molar-refractivity contribution < 1.29 is 0 Å². The van der Waals surface area contributed by atoms with Gasteiger partial charge in [0.2, 0.25) is 0 Å². The van der Waals surface area contributed by atoms with Crippen LogP contribution < -0.4 is 4.90 Å².